The topological polar surface area (TPSA) is 29.5 Å². The maximum absolute atomic E-state index is 10.6. The Hall–Kier alpha value is -0.590. The smallest absolute Gasteiger partial charge is 0.125 e. The molecule has 0 bridgehead atoms. The summed E-state index contributed by atoms with van der Waals surface area (Å²) in [4.78, 5) is 0. The Morgan fingerprint density at radius 3 is 2.68 bits per heavy atom. The van der Waals surface area contributed by atoms with E-state index in [4.69, 9.17) is 4.74 Å². The third kappa shape index (κ3) is 3.49. The summed E-state index contributed by atoms with van der Waals surface area (Å²) in [7, 11) is 0. The minimum Gasteiger partial charge on any atom is -0.493 e. The van der Waals surface area contributed by atoms with Gasteiger partial charge in [-0.15, -0.1) is 0 Å². The van der Waals surface area contributed by atoms with Crippen LogP contribution in [0.25, 0.3) is 0 Å². The van der Waals surface area contributed by atoms with E-state index in [0.717, 1.165) is 24.9 Å². The summed E-state index contributed by atoms with van der Waals surface area (Å²) >= 11 is 5.72. The number of ether oxygens (including phenoxy) is 1. The van der Waals surface area contributed by atoms with Gasteiger partial charge in [0.15, 0.2) is 0 Å². The average Bonchev–Trinajstić information content (AvgIpc) is 2.42. The van der Waals surface area contributed by atoms with E-state index in [1.54, 1.807) is 0 Å². The molecule has 2 aromatic carbocycles. The lowest BCUT2D eigenvalue weighted by Gasteiger charge is -2.17. The largest absolute Gasteiger partial charge is 0.493 e. The quantitative estimate of drug-likeness (QED) is 0.719. The normalized spacial score (nSPS) is 12.2. The molecule has 19 heavy (non-hydrogen) atoms. The van der Waals surface area contributed by atoms with Crippen molar-refractivity contribution in [2.75, 3.05) is 6.61 Å². The highest BCUT2D eigenvalue weighted by Crippen LogP contribution is 2.34. The van der Waals surface area contributed by atoms with Crippen molar-refractivity contribution in [2.24, 2.45) is 0 Å². The number of hydrogen-bond acceptors (Lipinski definition) is 2. The highest BCUT2D eigenvalue weighted by molar-refractivity contribution is 14.1. The molecule has 0 aliphatic rings. The van der Waals surface area contributed by atoms with Crippen LogP contribution < -0.4 is 4.74 Å². The van der Waals surface area contributed by atoms with Crippen molar-refractivity contribution in [3.05, 3.63) is 61.6 Å². The van der Waals surface area contributed by atoms with Crippen molar-refractivity contribution in [3.8, 4) is 5.75 Å². The summed E-state index contributed by atoms with van der Waals surface area (Å²) in [5.41, 5.74) is 1.63. The Kier molecular flexibility index (Phi) is 5.24. The first-order chi connectivity index (χ1) is 9.13. The Labute approximate surface area is 135 Å². The highest BCUT2D eigenvalue weighted by atomic mass is 127. The molecule has 2 aromatic rings. The van der Waals surface area contributed by atoms with Crippen molar-refractivity contribution >= 4 is 38.5 Å². The lowest BCUT2D eigenvalue weighted by molar-refractivity contribution is 0.211. The third-order valence-electron chi connectivity index (χ3n) is 2.77. The Balaban J connectivity index is 2.43. The Bertz CT molecular complexity index is 572. The molecule has 4 heteroatoms. The lowest BCUT2D eigenvalue weighted by Crippen LogP contribution is -2.05. The monoisotopic (exact) mass is 432 g/mol. The van der Waals surface area contributed by atoms with Gasteiger partial charge in [-0.3, -0.25) is 0 Å². The second-order valence-corrected chi connectivity index (χ2v) is 6.14. The molecule has 0 aliphatic carbocycles. The van der Waals surface area contributed by atoms with Crippen LogP contribution in [-0.4, -0.2) is 11.7 Å². The number of hydrogen-bond donors (Lipinski definition) is 1. The predicted molar refractivity (Wildman–Crippen MR) is 88.5 cm³/mol. The fourth-order valence-corrected chi connectivity index (χ4v) is 2.86. The molecule has 0 saturated heterocycles. The number of aliphatic hydroxyl groups is 1. The van der Waals surface area contributed by atoms with Crippen LogP contribution in [0.3, 0.4) is 0 Å². The first kappa shape index (κ1) is 14.8. The van der Waals surface area contributed by atoms with Crippen LogP contribution in [-0.2, 0) is 0 Å². The SMILES string of the molecule is CCOc1ccccc1C(O)c1cc(I)ccc1Br. The second kappa shape index (κ2) is 6.72. The average molecular weight is 433 g/mol. The van der Waals surface area contributed by atoms with E-state index in [-0.39, 0.29) is 0 Å². The van der Waals surface area contributed by atoms with Gasteiger partial charge in [-0.2, -0.15) is 0 Å². The summed E-state index contributed by atoms with van der Waals surface area (Å²) in [6.07, 6.45) is -0.702. The van der Waals surface area contributed by atoms with Crippen LogP contribution in [0.5, 0.6) is 5.75 Å². The van der Waals surface area contributed by atoms with E-state index in [0.29, 0.717) is 6.61 Å². The van der Waals surface area contributed by atoms with Crippen LogP contribution >= 0.6 is 38.5 Å². The minimum atomic E-state index is -0.702. The molecule has 1 atom stereocenters. The summed E-state index contributed by atoms with van der Waals surface area (Å²) in [5, 5.41) is 10.6. The van der Waals surface area contributed by atoms with Gasteiger partial charge in [0.2, 0.25) is 0 Å². The zero-order chi connectivity index (χ0) is 13.8. The number of para-hydroxylation sites is 1. The Morgan fingerprint density at radius 2 is 1.95 bits per heavy atom. The zero-order valence-electron chi connectivity index (χ0n) is 10.4. The maximum Gasteiger partial charge on any atom is 0.125 e. The highest BCUT2D eigenvalue weighted by Gasteiger charge is 2.17. The number of rotatable bonds is 4. The molecule has 0 amide bonds. The molecular formula is C15H14BrIO2. The van der Waals surface area contributed by atoms with E-state index in [9.17, 15) is 5.11 Å². The van der Waals surface area contributed by atoms with Crippen molar-refractivity contribution in [2.45, 2.75) is 13.0 Å². The standard InChI is InChI=1S/C15H14BrIO2/c1-2-19-14-6-4-3-5-11(14)15(18)12-9-10(17)7-8-13(12)16/h3-9,15,18H,2H2,1H3. The van der Waals surface area contributed by atoms with Gasteiger partial charge in [-0.05, 0) is 53.8 Å². The summed E-state index contributed by atoms with van der Waals surface area (Å²) < 4.78 is 7.55. The summed E-state index contributed by atoms with van der Waals surface area (Å²) in [6.45, 7) is 2.52. The first-order valence-corrected chi connectivity index (χ1v) is 7.85. The summed E-state index contributed by atoms with van der Waals surface area (Å²) in [6, 6.07) is 13.5. The minimum absolute atomic E-state index is 0.581. The molecule has 0 heterocycles. The van der Waals surface area contributed by atoms with E-state index in [1.807, 2.05) is 49.4 Å². The lowest BCUT2D eigenvalue weighted by atomic mass is 10.0. The van der Waals surface area contributed by atoms with Crippen LogP contribution in [0.15, 0.2) is 46.9 Å². The zero-order valence-corrected chi connectivity index (χ0v) is 14.2. The van der Waals surface area contributed by atoms with Crippen molar-refractivity contribution < 1.29 is 9.84 Å². The van der Waals surface area contributed by atoms with Crippen molar-refractivity contribution in [3.63, 3.8) is 0 Å². The van der Waals surface area contributed by atoms with Gasteiger partial charge < -0.3 is 9.84 Å². The molecule has 1 N–H and O–H groups in total. The molecule has 0 radical (unpaired) electrons. The van der Waals surface area contributed by atoms with Crippen molar-refractivity contribution in [1.29, 1.82) is 0 Å². The van der Waals surface area contributed by atoms with Gasteiger partial charge in [-0.25, -0.2) is 0 Å². The van der Waals surface area contributed by atoms with Crippen molar-refractivity contribution in [1.82, 2.24) is 0 Å². The van der Waals surface area contributed by atoms with Crippen LogP contribution in [0.4, 0.5) is 0 Å². The fourth-order valence-electron chi connectivity index (χ4n) is 1.89. The number of benzene rings is 2. The van der Waals surface area contributed by atoms with Gasteiger partial charge in [0.1, 0.15) is 11.9 Å². The Morgan fingerprint density at radius 1 is 1.21 bits per heavy atom. The van der Waals surface area contributed by atoms with E-state index < -0.39 is 6.10 Å². The van der Waals surface area contributed by atoms with Gasteiger partial charge >= 0.3 is 0 Å². The molecule has 0 aliphatic heterocycles. The molecule has 0 fully saturated rings. The molecule has 100 valence electrons. The number of aliphatic hydroxyl groups excluding tert-OH is 1. The van der Waals surface area contributed by atoms with Crippen LogP contribution in [0.1, 0.15) is 24.2 Å². The second-order valence-electron chi connectivity index (χ2n) is 4.04. The van der Waals surface area contributed by atoms with Crippen LogP contribution in [0, 0.1) is 3.57 Å². The maximum atomic E-state index is 10.6. The van der Waals surface area contributed by atoms with Gasteiger partial charge in [0.25, 0.3) is 0 Å². The molecule has 2 rings (SSSR count). The number of halogens is 2. The van der Waals surface area contributed by atoms with E-state index in [2.05, 4.69) is 38.5 Å². The third-order valence-corrected chi connectivity index (χ3v) is 4.16. The molecule has 0 aromatic heterocycles. The van der Waals surface area contributed by atoms with Gasteiger partial charge in [-0.1, -0.05) is 34.1 Å². The molecule has 2 nitrogen and oxygen atoms in total. The molecule has 0 spiro atoms. The van der Waals surface area contributed by atoms with Gasteiger partial charge in [0.05, 0.1) is 6.61 Å². The molecule has 1 unspecified atom stereocenters. The molecular weight excluding hydrogens is 419 g/mol. The summed E-state index contributed by atoms with van der Waals surface area (Å²) in [5.74, 6) is 0.725. The first-order valence-electron chi connectivity index (χ1n) is 5.98. The molecule has 0 saturated carbocycles. The predicted octanol–water partition coefficient (Wildman–Crippen LogP) is 4.53. The van der Waals surface area contributed by atoms with E-state index >= 15 is 0 Å². The van der Waals surface area contributed by atoms with Gasteiger partial charge in [0, 0.05) is 19.2 Å². The van der Waals surface area contributed by atoms with Crippen LogP contribution in [0.2, 0.25) is 0 Å². The fraction of sp³-hybridized carbons (Fsp3) is 0.200. The van der Waals surface area contributed by atoms with E-state index in [1.165, 1.54) is 0 Å².